The van der Waals surface area contributed by atoms with Crippen LogP contribution < -0.4 is 5.32 Å². The molecule has 0 aromatic heterocycles. The quantitative estimate of drug-likeness (QED) is 0.838. The summed E-state index contributed by atoms with van der Waals surface area (Å²) in [7, 11) is 0. The van der Waals surface area contributed by atoms with E-state index in [1.807, 2.05) is 0 Å². The molecule has 2 aliphatic heterocycles. The maximum absolute atomic E-state index is 12.3. The van der Waals surface area contributed by atoms with Crippen molar-refractivity contribution in [3.63, 3.8) is 0 Å². The van der Waals surface area contributed by atoms with Crippen LogP contribution in [-0.2, 0) is 4.79 Å². The molecule has 2 atom stereocenters. The molecule has 0 radical (unpaired) electrons. The highest BCUT2D eigenvalue weighted by atomic mass is 35.5. The van der Waals surface area contributed by atoms with E-state index in [1.165, 1.54) is 19.3 Å². The van der Waals surface area contributed by atoms with Crippen molar-refractivity contribution >= 4 is 18.3 Å². The number of nitrogens with zero attached hydrogens (tertiary/aromatic N) is 1. The van der Waals surface area contributed by atoms with Crippen LogP contribution in [-0.4, -0.2) is 37.0 Å². The average Bonchev–Trinajstić information content (AvgIpc) is 2.71. The Hall–Kier alpha value is -0.280. The Labute approximate surface area is 117 Å². The topological polar surface area (TPSA) is 32.3 Å². The van der Waals surface area contributed by atoms with E-state index in [-0.39, 0.29) is 18.3 Å². The van der Waals surface area contributed by atoms with Gasteiger partial charge in [-0.1, -0.05) is 13.8 Å². The van der Waals surface area contributed by atoms with Gasteiger partial charge in [-0.15, -0.1) is 12.4 Å². The van der Waals surface area contributed by atoms with Gasteiger partial charge in [-0.2, -0.15) is 0 Å². The highest BCUT2D eigenvalue weighted by Gasteiger charge is 2.29. The first-order valence-electron chi connectivity index (χ1n) is 7.18. The van der Waals surface area contributed by atoms with Crippen LogP contribution in [0.1, 0.15) is 39.5 Å². The summed E-state index contributed by atoms with van der Waals surface area (Å²) in [5, 5.41) is 3.29. The molecule has 0 aromatic carbocycles. The SMILES string of the molecule is CC(C)C1CCCN(C(=O)C2CCNC2)CC1.Cl. The van der Waals surface area contributed by atoms with E-state index in [4.69, 9.17) is 0 Å². The number of carbonyl (C=O) groups is 1. The van der Waals surface area contributed by atoms with Crippen molar-refractivity contribution in [3.8, 4) is 0 Å². The number of amides is 1. The minimum absolute atomic E-state index is 0. The highest BCUT2D eigenvalue weighted by molar-refractivity contribution is 5.85. The molecule has 0 aromatic rings. The zero-order valence-electron chi connectivity index (χ0n) is 11.7. The molecule has 0 aliphatic carbocycles. The molecule has 1 N–H and O–H groups in total. The van der Waals surface area contributed by atoms with Gasteiger partial charge < -0.3 is 10.2 Å². The number of nitrogens with one attached hydrogen (secondary N) is 1. The largest absolute Gasteiger partial charge is 0.342 e. The zero-order chi connectivity index (χ0) is 12.3. The van der Waals surface area contributed by atoms with Gasteiger partial charge in [0.05, 0.1) is 5.92 Å². The lowest BCUT2D eigenvalue weighted by molar-refractivity contribution is -0.134. The normalized spacial score (nSPS) is 28.9. The lowest BCUT2D eigenvalue weighted by Gasteiger charge is -2.24. The lowest BCUT2D eigenvalue weighted by Crippen LogP contribution is -2.37. The molecule has 2 fully saturated rings. The summed E-state index contributed by atoms with van der Waals surface area (Å²) < 4.78 is 0. The molecule has 18 heavy (non-hydrogen) atoms. The van der Waals surface area contributed by atoms with Crippen LogP contribution in [0.4, 0.5) is 0 Å². The predicted octanol–water partition coefficient (Wildman–Crippen LogP) is 2.30. The van der Waals surface area contributed by atoms with Crippen molar-refractivity contribution in [3.05, 3.63) is 0 Å². The van der Waals surface area contributed by atoms with Crippen LogP contribution in [0.15, 0.2) is 0 Å². The molecule has 1 amide bonds. The number of hydrogen-bond donors (Lipinski definition) is 1. The summed E-state index contributed by atoms with van der Waals surface area (Å²) in [4.78, 5) is 14.4. The number of halogens is 1. The van der Waals surface area contributed by atoms with Crippen molar-refractivity contribution in [2.45, 2.75) is 39.5 Å². The van der Waals surface area contributed by atoms with Gasteiger partial charge in [0.25, 0.3) is 0 Å². The third-order valence-electron chi connectivity index (χ3n) is 4.44. The molecule has 4 heteroatoms. The molecule has 106 valence electrons. The van der Waals surface area contributed by atoms with Gasteiger partial charge >= 0.3 is 0 Å². The van der Waals surface area contributed by atoms with Gasteiger partial charge in [-0.3, -0.25) is 4.79 Å². The highest BCUT2D eigenvalue weighted by Crippen LogP contribution is 2.25. The van der Waals surface area contributed by atoms with Crippen molar-refractivity contribution < 1.29 is 4.79 Å². The predicted molar refractivity (Wildman–Crippen MR) is 77.0 cm³/mol. The van der Waals surface area contributed by atoms with Gasteiger partial charge in [-0.05, 0) is 44.1 Å². The molecular weight excluding hydrogens is 248 g/mol. The van der Waals surface area contributed by atoms with Crippen LogP contribution in [0.3, 0.4) is 0 Å². The summed E-state index contributed by atoms with van der Waals surface area (Å²) in [5.41, 5.74) is 0. The van der Waals surface area contributed by atoms with Gasteiger partial charge in [0.15, 0.2) is 0 Å². The smallest absolute Gasteiger partial charge is 0.227 e. The van der Waals surface area contributed by atoms with E-state index in [2.05, 4.69) is 24.1 Å². The number of carbonyl (C=O) groups excluding carboxylic acids is 1. The number of likely N-dealkylation sites (tertiary alicyclic amines) is 1. The van der Waals surface area contributed by atoms with Crippen LogP contribution in [0.5, 0.6) is 0 Å². The van der Waals surface area contributed by atoms with Crippen molar-refractivity contribution in [1.29, 1.82) is 0 Å². The fraction of sp³-hybridized carbons (Fsp3) is 0.929. The fourth-order valence-electron chi connectivity index (χ4n) is 3.13. The van der Waals surface area contributed by atoms with Crippen molar-refractivity contribution in [2.24, 2.45) is 17.8 Å². The molecule has 0 spiro atoms. The van der Waals surface area contributed by atoms with Crippen LogP contribution in [0.25, 0.3) is 0 Å². The van der Waals surface area contributed by atoms with E-state index >= 15 is 0 Å². The molecule has 2 rings (SSSR count). The van der Waals surface area contributed by atoms with E-state index < -0.39 is 0 Å². The van der Waals surface area contributed by atoms with E-state index in [1.54, 1.807) is 0 Å². The zero-order valence-corrected chi connectivity index (χ0v) is 12.5. The average molecular weight is 275 g/mol. The minimum Gasteiger partial charge on any atom is -0.342 e. The Morgan fingerprint density at radius 2 is 2.00 bits per heavy atom. The van der Waals surface area contributed by atoms with E-state index in [9.17, 15) is 4.79 Å². The molecule has 0 saturated carbocycles. The Morgan fingerprint density at radius 1 is 1.22 bits per heavy atom. The first-order valence-corrected chi connectivity index (χ1v) is 7.18. The fourth-order valence-corrected chi connectivity index (χ4v) is 3.13. The summed E-state index contributed by atoms with van der Waals surface area (Å²) in [6.45, 7) is 8.49. The van der Waals surface area contributed by atoms with Gasteiger partial charge in [-0.25, -0.2) is 0 Å². The van der Waals surface area contributed by atoms with Crippen LogP contribution in [0, 0.1) is 17.8 Å². The summed E-state index contributed by atoms with van der Waals surface area (Å²) >= 11 is 0. The monoisotopic (exact) mass is 274 g/mol. The Kier molecular flexibility index (Phi) is 6.44. The molecule has 3 nitrogen and oxygen atoms in total. The Bertz CT molecular complexity index is 265. The van der Waals surface area contributed by atoms with Gasteiger partial charge in [0, 0.05) is 19.6 Å². The second-order valence-corrected chi connectivity index (χ2v) is 5.95. The second kappa shape index (κ2) is 7.34. The second-order valence-electron chi connectivity index (χ2n) is 5.95. The van der Waals surface area contributed by atoms with Crippen molar-refractivity contribution in [2.75, 3.05) is 26.2 Å². The Balaban J connectivity index is 0.00000162. The molecule has 2 aliphatic rings. The van der Waals surface area contributed by atoms with Crippen molar-refractivity contribution in [1.82, 2.24) is 10.2 Å². The molecular formula is C14H27ClN2O. The summed E-state index contributed by atoms with van der Waals surface area (Å²) in [6.07, 6.45) is 4.71. The summed E-state index contributed by atoms with van der Waals surface area (Å²) in [6, 6.07) is 0. The van der Waals surface area contributed by atoms with E-state index in [0.29, 0.717) is 5.91 Å². The first-order chi connectivity index (χ1) is 8.18. The summed E-state index contributed by atoms with van der Waals surface area (Å²) in [5.74, 6) is 2.23. The maximum atomic E-state index is 12.3. The first kappa shape index (κ1) is 15.8. The molecule has 2 unspecified atom stereocenters. The van der Waals surface area contributed by atoms with Gasteiger partial charge in [0.1, 0.15) is 0 Å². The minimum atomic E-state index is 0. The van der Waals surface area contributed by atoms with Gasteiger partial charge in [0.2, 0.25) is 5.91 Å². The third-order valence-corrected chi connectivity index (χ3v) is 4.44. The van der Waals surface area contributed by atoms with E-state index in [0.717, 1.165) is 44.4 Å². The standard InChI is InChI=1S/C14H26N2O.ClH/c1-11(2)12-4-3-8-16(9-6-12)14(17)13-5-7-15-10-13;/h11-13,15H,3-10H2,1-2H3;1H. The van der Waals surface area contributed by atoms with Crippen LogP contribution >= 0.6 is 12.4 Å². The lowest BCUT2D eigenvalue weighted by atomic mass is 9.89. The third kappa shape index (κ3) is 3.86. The molecule has 0 bridgehead atoms. The number of rotatable bonds is 2. The molecule has 2 saturated heterocycles. The van der Waals surface area contributed by atoms with Crippen LogP contribution in [0.2, 0.25) is 0 Å². The Morgan fingerprint density at radius 3 is 2.61 bits per heavy atom. The maximum Gasteiger partial charge on any atom is 0.227 e. The number of hydrogen-bond acceptors (Lipinski definition) is 2. The molecule has 2 heterocycles.